The van der Waals surface area contributed by atoms with Crippen LogP contribution in [0.1, 0.15) is 64.1 Å². The van der Waals surface area contributed by atoms with Crippen molar-refractivity contribution in [1.82, 2.24) is 15.2 Å². The van der Waals surface area contributed by atoms with Crippen LogP contribution < -0.4 is 5.32 Å². The monoisotopic (exact) mass is 457 g/mol. The van der Waals surface area contributed by atoms with Gasteiger partial charge in [0.05, 0.1) is 19.3 Å². The molecule has 8 heteroatoms. The van der Waals surface area contributed by atoms with E-state index in [0.717, 1.165) is 0 Å². The molecule has 0 radical (unpaired) electrons. The van der Waals surface area contributed by atoms with Gasteiger partial charge in [0.1, 0.15) is 5.52 Å². The van der Waals surface area contributed by atoms with E-state index in [1.54, 1.807) is 17.0 Å². The molecule has 33 heavy (non-hydrogen) atoms. The number of morpholine rings is 1. The third-order valence-corrected chi connectivity index (χ3v) is 5.73. The summed E-state index contributed by atoms with van der Waals surface area (Å²) in [5, 5.41) is 2.91. The van der Waals surface area contributed by atoms with E-state index < -0.39 is 12.0 Å². The van der Waals surface area contributed by atoms with Gasteiger partial charge in [0.15, 0.2) is 5.58 Å². The molecule has 1 aliphatic rings. The highest BCUT2D eigenvalue weighted by Crippen LogP contribution is 2.28. The number of ketones is 1. The molecule has 2 heterocycles. The van der Waals surface area contributed by atoms with E-state index in [2.05, 4.69) is 10.3 Å². The number of benzene rings is 1. The first-order chi connectivity index (χ1) is 15.7. The van der Waals surface area contributed by atoms with E-state index in [1.165, 1.54) is 0 Å². The van der Waals surface area contributed by atoms with Crippen molar-refractivity contribution in [2.24, 2.45) is 11.3 Å². The largest absolute Gasteiger partial charge is 0.434 e. The topological polar surface area (TPSA) is 102 Å². The first-order valence-corrected chi connectivity index (χ1v) is 11.7. The molecule has 1 unspecified atom stereocenters. The molecule has 1 saturated heterocycles. The molecule has 1 aromatic carbocycles. The lowest BCUT2D eigenvalue weighted by Crippen LogP contribution is -2.47. The van der Waals surface area contributed by atoms with Crippen LogP contribution in [0.15, 0.2) is 28.7 Å². The Morgan fingerprint density at radius 2 is 1.85 bits per heavy atom. The second-order valence-corrected chi connectivity index (χ2v) is 9.86. The van der Waals surface area contributed by atoms with Crippen LogP contribution in [0.2, 0.25) is 0 Å². The molecule has 2 aromatic rings. The summed E-state index contributed by atoms with van der Waals surface area (Å²) in [5.41, 5.74) is 0.978. The predicted octanol–water partition coefficient (Wildman–Crippen LogP) is 3.60. The number of Topliss-reactive ketones (excluding diaryl/α,β-unsaturated/α-hetero) is 1. The molecule has 2 atom stereocenters. The van der Waals surface area contributed by atoms with Crippen molar-refractivity contribution in [2.75, 3.05) is 26.3 Å². The average molecular weight is 458 g/mol. The number of para-hydroxylation sites is 2. The third-order valence-electron chi connectivity index (χ3n) is 5.73. The Labute approximate surface area is 195 Å². The Balaban J connectivity index is 1.74. The smallest absolute Gasteiger partial charge is 0.266 e. The summed E-state index contributed by atoms with van der Waals surface area (Å²) in [5.74, 6) is -1.23. The molecule has 2 amide bonds. The molecule has 3 rings (SSSR count). The first-order valence-electron chi connectivity index (χ1n) is 11.7. The number of amides is 2. The standard InChI is InChI=1S/C25H35N3O5/c1-5-8-19(22(30)24-27-18-9-6-7-10-20(18)33-24)26-23(31)17(16-25(2,3)4)15-21(29)28-11-13-32-14-12-28/h6-7,9-10,17,19H,5,8,11-16H2,1-4H3,(H,26,31)/t17?,19-/m0/s1. The van der Waals surface area contributed by atoms with Crippen LogP contribution in [0.25, 0.3) is 11.1 Å². The zero-order valence-corrected chi connectivity index (χ0v) is 20.1. The van der Waals surface area contributed by atoms with E-state index in [4.69, 9.17) is 9.15 Å². The van der Waals surface area contributed by atoms with Crippen LogP contribution in [0, 0.1) is 11.3 Å². The van der Waals surface area contributed by atoms with Crippen LogP contribution in [-0.2, 0) is 14.3 Å². The van der Waals surface area contributed by atoms with E-state index in [0.29, 0.717) is 56.7 Å². The van der Waals surface area contributed by atoms with Gasteiger partial charge >= 0.3 is 0 Å². The molecule has 180 valence electrons. The molecule has 1 aromatic heterocycles. The number of aromatic nitrogens is 1. The van der Waals surface area contributed by atoms with Crippen molar-refractivity contribution >= 4 is 28.7 Å². The predicted molar refractivity (Wildman–Crippen MR) is 125 cm³/mol. The van der Waals surface area contributed by atoms with Crippen molar-refractivity contribution in [3.63, 3.8) is 0 Å². The van der Waals surface area contributed by atoms with Crippen molar-refractivity contribution in [1.29, 1.82) is 0 Å². The van der Waals surface area contributed by atoms with Crippen molar-refractivity contribution in [3.8, 4) is 0 Å². The van der Waals surface area contributed by atoms with Crippen LogP contribution in [0.4, 0.5) is 0 Å². The minimum absolute atomic E-state index is 0.00767. The van der Waals surface area contributed by atoms with Gasteiger partial charge in [0, 0.05) is 25.4 Å². The summed E-state index contributed by atoms with van der Waals surface area (Å²) in [7, 11) is 0. The Morgan fingerprint density at radius 3 is 2.48 bits per heavy atom. The zero-order chi connectivity index (χ0) is 24.0. The number of ether oxygens (including phenoxy) is 1. The summed E-state index contributed by atoms with van der Waals surface area (Å²) in [6, 6.07) is 6.42. The maximum absolute atomic E-state index is 13.3. The van der Waals surface area contributed by atoms with E-state index in [1.807, 2.05) is 39.8 Å². The fraction of sp³-hybridized carbons (Fsp3) is 0.600. The maximum Gasteiger partial charge on any atom is 0.266 e. The average Bonchev–Trinajstić information content (AvgIpc) is 3.21. The summed E-state index contributed by atoms with van der Waals surface area (Å²) in [6.07, 6.45) is 1.81. The second kappa shape index (κ2) is 10.9. The van der Waals surface area contributed by atoms with Gasteiger partial charge in [0.25, 0.3) is 5.89 Å². The van der Waals surface area contributed by atoms with Crippen LogP contribution in [0.5, 0.6) is 0 Å². The lowest BCUT2D eigenvalue weighted by molar-refractivity contribution is -0.140. The fourth-order valence-corrected chi connectivity index (χ4v) is 4.12. The summed E-state index contributed by atoms with van der Waals surface area (Å²) < 4.78 is 11.0. The number of rotatable bonds is 9. The van der Waals surface area contributed by atoms with E-state index in [9.17, 15) is 14.4 Å². The minimum Gasteiger partial charge on any atom is -0.434 e. The number of nitrogens with one attached hydrogen (secondary N) is 1. The Hall–Kier alpha value is -2.74. The van der Waals surface area contributed by atoms with Crippen LogP contribution in [0.3, 0.4) is 0 Å². The van der Waals surface area contributed by atoms with Gasteiger partial charge in [-0.2, -0.15) is 0 Å². The van der Waals surface area contributed by atoms with Gasteiger partial charge in [0.2, 0.25) is 17.6 Å². The number of hydrogen-bond acceptors (Lipinski definition) is 6. The number of fused-ring (bicyclic) bond motifs is 1. The lowest BCUT2D eigenvalue weighted by atomic mass is 9.82. The van der Waals surface area contributed by atoms with E-state index in [-0.39, 0.29) is 35.3 Å². The molecule has 1 N–H and O–H groups in total. The van der Waals surface area contributed by atoms with Gasteiger partial charge in [-0.1, -0.05) is 46.2 Å². The minimum atomic E-state index is -0.753. The molecule has 0 bridgehead atoms. The molecule has 1 aliphatic heterocycles. The normalized spacial score (nSPS) is 16.4. The van der Waals surface area contributed by atoms with Gasteiger partial charge in [-0.05, 0) is 30.4 Å². The molecule has 1 fully saturated rings. The van der Waals surface area contributed by atoms with Crippen LogP contribution in [-0.4, -0.2) is 59.8 Å². The highest BCUT2D eigenvalue weighted by atomic mass is 16.5. The number of carbonyl (C=O) groups excluding carboxylic acids is 3. The number of oxazole rings is 1. The van der Waals surface area contributed by atoms with Crippen molar-refractivity contribution in [3.05, 3.63) is 30.2 Å². The SMILES string of the molecule is CCC[C@H](NC(=O)C(CC(=O)N1CCOCC1)CC(C)(C)C)C(=O)c1nc2ccccc2o1. The Morgan fingerprint density at radius 1 is 1.15 bits per heavy atom. The molecule has 0 spiro atoms. The highest BCUT2D eigenvalue weighted by Gasteiger charge is 2.33. The molecular formula is C25H35N3O5. The highest BCUT2D eigenvalue weighted by molar-refractivity contribution is 6.00. The van der Waals surface area contributed by atoms with E-state index >= 15 is 0 Å². The lowest BCUT2D eigenvalue weighted by Gasteiger charge is -2.31. The van der Waals surface area contributed by atoms with Gasteiger partial charge in [-0.3, -0.25) is 14.4 Å². The van der Waals surface area contributed by atoms with Gasteiger partial charge < -0.3 is 19.4 Å². The van der Waals surface area contributed by atoms with Crippen molar-refractivity contribution < 1.29 is 23.5 Å². The number of carbonyl (C=O) groups is 3. The summed E-state index contributed by atoms with van der Waals surface area (Å²) in [6.45, 7) is 10.2. The quantitative estimate of drug-likeness (QED) is 0.578. The fourth-order valence-electron chi connectivity index (χ4n) is 4.12. The van der Waals surface area contributed by atoms with Gasteiger partial charge in [-0.15, -0.1) is 0 Å². The molecule has 0 saturated carbocycles. The van der Waals surface area contributed by atoms with Crippen LogP contribution >= 0.6 is 0 Å². The maximum atomic E-state index is 13.3. The zero-order valence-electron chi connectivity index (χ0n) is 20.1. The molecule has 8 nitrogen and oxygen atoms in total. The Bertz CT molecular complexity index is 939. The molecule has 0 aliphatic carbocycles. The van der Waals surface area contributed by atoms with Crippen molar-refractivity contribution in [2.45, 2.75) is 59.4 Å². The summed E-state index contributed by atoms with van der Waals surface area (Å²) in [4.78, 5) is 45.4. The Kier molecular flexibility index (Phi) is 8.24. The summed E-state index contributed by atoms with van der Waals surface area (Å²) >= 11 is 0. The first kappa shape index (κ1) is 24.9. The second-order valence-electron chi connectivity index (χ2n) is 9.86. The third kappa shape index (κ3) is 6.87. The molecular weight excluding hydrogens is 422 g/mol. The number of nitrogens with zero attached hydrogens (tertiary/aromatic N) is 2. The number of hydrogen-bond donors (Lipinski definition) is 1. The van der Waals surface area contributed by atoms with Gasteiger partial charge in [-0.25, -0.2) is 4.98 Å².